The molecule has 0 aliphatic heterocycles. The summed E-state index contributed by atoms with van der Waals surface area (Å²) >= 11 is 7.70. The second-order valence-corrected chi connectivity index (χ2v) is 11.2. The van der Waals surface area contributed by atoms with Gasteiger partial charge >= 0.3 is 0 Å². The maximum Gasteiger partial charge on any atom is 0.275 e. The Labute approximate surface area is 244 Å². The summed E-state index contributed by atoms with van der Waals surface area (Å²) in [6.45, 7) is 5.28. The van der Waals surface area contributed by atoms with Gasteiger partial charge in [-0.15, -0.1) is 11.3 Å². The third-order valence-electron chi connectivity index (χ3n) is 6.29. The van der Waals surface area contributed by atoms with Gasteiger partial charge in [0.2, 0.25) is 5.91 Å². The Morgan fingerprint density at radius 1 is 1.02 bits per heavy atom. The highest BCUT2D eigenvalue weighted by Gasteiger charge is 2.15. The van der Waals surface area contributed by atoms with Crippen molar-refractivity contribution >= 4 is 40.4 Å². The van der Waals surface area contributed by atoms with Crippen LogP contribution >= 0.6 is 22.9 Å². The fourth-order valence-corrected chi connectivity index (χ4v) is 5.26. The Morgan fingerprint density at radius 2 is 1.80 bits per heavy atom. The van der Waals surface area contributed by atoms with E-state index in [1.807, 2.05) is 79.7 Å². The zero-order valence-corrected chi connectivity index (χ0v) is 24.4. The molecule has 1 atom stereocenters. The fourth-order valence-electron chi connectivity index (χ4n) is 4.27. The largest absolute Gasteiger partial charge is 0.489 e. The molecule has 208 valence electrons. The summed E-state index contributed by atoms with van der Waals surface area (Å²) in [4.78, 5) is 29.4. The van der Waals surface area contributed by atoms with Crippen LogP contribution in [-0.2, 0) is 24.2 Å². The number of aromatic nitrogens is 1. The predicted octanol–water partition coefficient (Wildman–Crippen LogP) is 7.31. The van der Waals surface area contributed by atoms with Crippen molar-refractivity contribution in [1.82, 2.24) is 10.3 Å². The lowest BCUT2D eigenvalue weighted by atomic mass is 9.97. The zero-order valence-electron chi connectivity index (χ0n) is 22.8. The van der Waals surface area contributed by atoms with Crippen molar-refractivity contribution in [2.75, 3.05) is 11.9 Å². The third kappa shape index (κ3) is 8.93. The van der Waals surface area contributed by atoms with Crippen molar-refractivity contribution in [3.63, 3.8) is 0 Å². The van der Waals surface area contributed by atoms with Crippen molar-refractivity contribution in [2.24, 2.45) is 5.92 Å². The van der Waals surface area contributed by atoms with Crippen LogP contribution in [0.15, 0.2) is 78.2 Å². The number of amides is 2. The molecule has 4 rings (SSSR count). The van der Waals surface area contributed by atoms with E-state index in [2.05, 4.69) is 22.5 Å². The second-order valence-electron chi connectivity index (χ2n) is 9.84. The number of nitrogens with one attached hydrogen (secondary N) is 2. The van der Waals surface area contributed by atoms with Crippen LogP contribution in [0.5, 0.6) is 5.75 Å². The van der Waals surface area contributed by atoms with E-state index in [1.54, 1.807) is 5.38 Å². The van der Waals surface area contributed by atoms with E-state index in [-0.39, 0.29) is 17.7 Å². The molecule has 0 bridgehead atoms. The van der Waals surface area contributed by atoms with Gasteiger partial charge < -0.3 is 15.4 Å². The van der Waals surface area contributed by atoms with Crippen LogP contribution in [0.3, 0.4) is 0 Å². The van der Waals surface area contributed by atoms with Crippen LogP contribution in [0.25, 0.3) is 0 Å². The Morgan fingerprint density at radius 3 is 2.55 bits per heavy atom. The Hall–Kier alpha value is -3.68. The number of benzene rings is 3. The van der Waals surface area contributed by atoms with E-state index in [1.165, 1.54) is 11.3 Å². The molecule has 6 nitrogen and oxygen atoms in total. The van der Waals surface area contributed by atoms with Crippen LogP contribution in [0.4, 0.5) is 5.69 Å². The lowest BCUT2D eigenvalue weighted by Gasteiger charge is -2.12. The van der Waals surface area contributed by atoms with E-state index < -0.39 is 0 Å². The average molecular weight is 576 g/mol. The summed E-state index contributed by atoms with van der Waals surface area (Å²) in [5.41, 5.74) is 4.18. The summed E-state index contributed by atoms with van der Waals surface area (Å²) in [7, 11) is 0. The van der Waals surface area contributed by atoms with Gasteiger partial charge in [-0.1, -0.05) is 67.9 Å². The fraction of sp³-hybridized carbons (Fsp3) is 0.281. The number of carbonyl (C=O) groups excluding carboxylic acids is 2. The van der Waals surface area contributed by atoms with Crippen LogP contribution < -0.4 is 15.4 Å². The van der Waals surface area contributed by atoms with E-state index >= 15 is 0 Å². The lowest BCUT2D eigenvalue weighted by Crippen LogP contribution is -2.26. The van der Waals surface area contributed by atoms with Crippen LogP contribution in [0, 0.1) is 5.92 Å². The van der Waals surface area contributed by atoms with E-state index in [0.717, 1.165) is 40.3 Å². The van der Waals surface area contributed by atoms with Crippen LogP contribution in [0.2, 0.25) is 5.02 Å². The zero-order chi connectivity index (χ0) is 28.3. The maximum atomic E-state index is 12.9. The summed E-state index contributed by atoms with van der Waals surface area (Å²) in [6.07, 6.45) is 2.73. The Kier molecular flexibility index (Phi) is 10.7. The van der Waals surface area contributed by atoms with Gasteiger partial charge in [0, 0.05) is 41.0 Å². The third-order valence-corrected chi connectivity index (χ3v) is 7.37. The van der Waals surface area contributed by atoms with Gasteiger partial charge in [0.25, 0.3) is 5.91 Å². The summed E-state index contributed by atoms with van der Waals surface area (Å²) < 4.78 is 6.07. The molecule has 3 aromatic carbocycles. The van der Waals surface area contributed by atoms with Gasteiger partial charge in [0.05, 0.1) is 5.01 Å². The summed E-state index contributed by atoms with van der Waals surface area (Å²) in [6, 6.07) is 23.3. The molecule has 1 heterocycles. The molecule has 2 amide bonds. The molecule has 0 unspecified atom stereocenters. The molecule has 0 fully saturated rings. The van der Waals surface area contributed by atoms with Crippen molar-refractivity contribution in [3.8, 4) is 5.75 Å². The molecule has 0 aliphatic rings. The molecule has 0 aliphatic carbocycles. The van der Waals surface area contributed by atoms with E-state index in [0.29, 0.717) is 42.4 Å². The standard InChI is InChI=1S/C32H34ClN3O3S/c1-3-15-34-30(37)17-22(2)16-23-9-12-27(13-10-23)35-32(38)28-21-40-31(36-28)19-25-18-26(33)11-14-29(25)39-20-24-7-5-4-6-8-24/h4-14,18,21-22H,3,15-17,19-20H2,1-2H3,(H,34,37)(H,35,38)/t22-/m0/s1. The van der Waals surface area contributed by atoms with Gasteiger partial charge in [-0.2, -0.15) is 0 Å². The monoisotopic (exact) mass is 575 g/mol. The molecule has 2 N–H and O–H groups in total. The number of ether oxygens (including phenoxy) is 1. The van der Waals surface area contributed by atoms with Gasteiger partial charge in [0.1, 0.15) is 18.1 Å². The number of rotatable bonds is 13. The van der Waals surface area contributed by atoms with E-state index in [4.69, 9.17) is 16.3 Å². The van der Waals surface area contributed by atoms with E-state index in [9.17, 15) is 9.59 Å². The number of nitrogens with zero attached hydrogens (tertiary/aromatic N) is 1. The molecule has 40 heavy (non-hydrogen) atoms. The quantitative estimate of drug-likeness (QED) is 0.175. The topological polar surface area (TPSA) is 80.3 Å². The first kappa shape index (κ1) is 29.3. The number of halogens is 1. The van der Waals surface area contributed by atoms with Gasteiger partial charge in [-0.25, -0.2) is 4.98 Å². The van der Waals surface area contributed by atoms with Crippen molar-refractivity contribution < 1.29 is 14.3 Å². The lowest BCUT2D eigenvalue weighted by molar-refractivity contribution is -0.121. The first-order valence-corrected chi connectivity index (χ1v) is 14.7. The molecule has 1 aromatic heterocycles. The minimum absolute atomic E-state index is 0.0900. The highest BCUT2D eigenvalue weighted by Crippen LogP contribution is 2.27. The second kappa shape index (κ2) is 14.6. The number of carbonyl (C=O) groups is 2. The number of hydrogen-bond donors (Lipinski definition) is 2. The first-order valence-electron chi connectivity index (χ1n) is 13.5. The van der Waals surface area contributed by atoms with Crippen molar-refractivity contribution in [3.05, 3.63) is 111 Å². The van der Waals surface area contributed by atoms with Crippen molar-refractivity contribution in [1.29, 1.82) is 0 Å². The Balaban J connectivity index is 1.32. The molecular weight excluding hydrogens is 542 g/mol. The smallest absolute Gasteiger partial charge is 0.275 e. The molecule has 0 saturated carbocycles. The van der Waals surface area contributed by atoms with Gasteiger partial charge in [-0.3, -0.25) is 9.59 Å². The molecule has 0 saturated heterocycles. The molecular formula is C32H34ClN3O3S. The minimum atomic E-state index is -0.261. The maximum absolute atomic E-state index is 12.9. The highest BCUT2D eigenvalue weighted by atomic mass is 35.5. The molecule has 8 heteroatoms. The number of hydrogen-bond acceptors (Lipinski definition) is 5. The SMILES string of the molecule is CCCNC(=O)C[C@@H](C)Cc1ccc(NC(=O)c2csc(Cc3cc(Cl)ccc3OCc3ccccc3)n2)cc1. The molecule has 0 radical (unpaired) electrons. The van der Waals surface area contributed by atoms with Crippen molar-refractivity contribution in [2.45, 2.75) is 46.1 Å². The molecule has 4 aromatic rings. The predicted molar refractivity (Wildman–Crippen MR) is 162 cm³/mol. The number of thiazole rings is 1. The minimum Gasteiger partial charge on any atom is -0.489 e. The van der Waals surface area contributed by atoms with Gasteiger partial charge in [0.15, 0.2) is 0 Å². The molecule has 0 spiro atoms. The summed E-state index contributed by atoms with van der Waals surface area (Å²) in [5, 5.41) is 9.03. The van der Waals surface area contributed by atoms with Crippen LogP contribution in [0.1, 0.15) is 58.9 Å². The first-order chi connectivity index (χ1) is 19.4. The summed E-state index contributed by atoms with van der Waals surface area (Å²) in [5.74, 6) is 0.801. The van der Waals surface area contributed by atoms with Crippen LogP contribution in [-0.4, -0.2) is 23.3 Å². The highest BCUT2D eigenvalue weighted by molar-refractivity contribution is 7.09. The normalized spacial score (nSPS) is 11.6. The van der Waals surface area contributed by atoms with Gasteiger partial charge in [-0.05, 0) is 60.2 Å². The average Bonchev–Trinajstić information content (AvgIpc) is 3.42. The Bertz CT molecular complexity index is 1410. The number of anilines is 1.